The van der Waals surface area contributed by atoms with E-state index in [1.54, 1.807) is 0 Å². The molecule has 0 aromatic heterocycles. The molecule has 0 radical (unpaired) electrons. The highest BCUT2D eigenvalue weighted by molar-refractivity contribution is 5.75. The Morgan fingerprint density at radius 1 is 0.187 bits per heavy atom. The van der Waals surface area contributed by atoms with E-state index >= 15 is 0 Å². The standard InChI is InChI=1S/C84H140N6O60/c1-19-43(105)56(118)60(122)79(131-19)129-18-36-69(52(114)37(73(127)132-36)85-20(2)99)144-77-41(89-24(6)103)54(116)67(32(14-97)138-77)147-82-64(126)70(49(111)35(141-82)17-130-83-71(149-75-39(87-22(4)101)51(113)45(107)27(9-92)134-75)59(121)48(110)34(142-83)16-128-74-38(86-21(3)100)50(112)44(106)26(8-91)133-74)148-84-72(150-78-42(90-25(7)104)55(117)66(31(13-96)139-78)146-81-62(124)58(120)47(109)29(11-94)136-81)63(125)68(33(15-98)140-84)143-76-40(88-23(5)102)53(115)65(30(12-95)137-76)145-80-61(123)57(119)46(108)28(10-93)135-80/h19,26-84,91-98,105-127H,8-18H2,1-7H3,(H,85,99)(H,86,100)(H,87,101)(H,88,102)(H,89,103)(H,90,104)/t19-,26-,27-,28-,29-,30-,31-,32-,33-,34-,35-,36-,37-,38-,39-,40-,41-,42-,43+,44-,45-,46+,47+,48-,49-,50-,51-,52-,53-,54-,55-,56+,57+,58+,59+,60-,61-,62-,63+,64+,65-,66-,67-,68-,69-,70+,71+,72+,73-,74-,75+,76+,77+,78+,79+,80+,81+,82+,83+,84-/m1/s1. The number of amides is 6. The summed E-state index contributed by atoms with van der Waals surface area (Å²) < 4.78 is 140. The first-order chi connectivity index (χ1) is 70.9. The summed E-state index contributed by atoms with van der Waals surface area (Å²) in [6, 6.07) is -11.9. The van der Waals surface area contributed by atoms with Crippen LogP contribution in [0.4, 0.5) is 0 Å². The molecule has 12 aliphatic rings. The van der Waals surface area contributed by atoms with Gasteiger partial charge in [-0.3, -0.25) is 28.8 Å². The molecule has 60 atom stereocenters. The van der Waals surface area contributed by atoms with Crippen molar-refractivity contribution in [2.24, 2.45) is 0 Å². The fourth-order valence-electron chi connectivity index (χ4n) is 19.5. The molecule has 0 bridgehead atoms. The van der Waals surface area contributed by atoms with Crippen molar-refractivity contribution in [3.63, 3.8) is 0 Å². The Labute approximate surface area is 849 Å². The van der Waals surface area contributed by atoms with E-state index in [0.29, 0.717) is 0 Å². The number of aliphatic hydroxyl groups excluding tert-OH is 31. The van der Waals surface area contributed by atoms with Gasteiger partial charge < -0.3 is 299 Å². The summed E-state index contributed by atoms with van der Waals surface area (Å²) in [4.78, 5) is 78.5. The molecule has 0 saturated carbocycles. The lowest BCUT2D eigenvalue weighted by Gasteiger charge is -2.52. The summed E-state index contributed by atoms with van der Waals surface area (Å²) in [6.45, 7) is -6.20. The van der Waals surface area contributed by atoms with E-state index < -0.39 is 476 Å². The highest BCUT2D eigenvalue weighted by Crippen LogP contribution is 2.43. The van der Waals surface area contributed by atoms with Crippen LogP contribution in [0.1, 0.15) is 48.5 Å². The third-order valence-corrected chi connectivity index (χ3v) is 27.4. The van der Waals surface area contributed by atoms with Gasteiger partial charge in [-0.1, -0.05) is 0 Å². The van der Waals surface area contributed by atoms with Crippen LogP contribution in [0.25, 0.3) is 0 Å². The van der Waals surface area contributed by atoms with Gasteiger partial charge in [0.15, 0.2) is 75.5 Å². The molecular weight excluding hydrogens is 2050 g/mol. The maximum Gasteiger partial charge on any atom is 0.217 e. The van der Waals surface area contributed by atoms with Crippen molar-refractivity contribution in [2.45, 2.75) is 417 Å². The average Bonchev–Trinajstić information content (AvgIpc) is 0.751. The van der Waals surface area contributed by atoms with E-state index in [4.69, 9.17) is 109 Å². The molecule has 0 spiro atoms. The minimum atomic E-state index is -2.84. The van der Waals surface area contributed by atoms with Crippen LogP contribution in [-0.4, -0.2) is 635 Å². The van der Waals surface area contributed by atoms with Gasteiger partial charge in [0, 0.05) is 41.5 Å². The molecule has 12 saturated heterocycles. The topological polar surface area (TPSA) is 1010 Å². The fourth-order valence-corrected chi connectivity index (χ4v) is 19.5. The zero-order valence-corrected chi connectivity index (χ0v) is 81.1. The maximum absolute atomic E-state index is 13.6. The van der Waals surface area contributed by atoms with Gasteiger partial charge in [0.25, 0.3) is 0 Å². The second-order valence-corrected chi connectivity index (χ2v) is 38.1. The molecule has 866 valence electrons. The second kappa shape index (κ2) is 54.0. The Morgan fingerprint density at radius 3 is 0.820 bits per heavy atom. The summed E-state index contributed by atoms with van der Waals surface area (Å²) in [5, 5.41) is 368. The molecule has 66 nitrogen and oxygen atoms in total. The van der Waals surface area contributed by atoms with Crippen LogP contribution in [-0.2, 0) is 138 Å². The SMILES string of the molecule is CC(=O)N[C@@H]1[C@@H](O)[C@H](O[C@@H]2O[C@H](CO)[C@@H](O[C@@H]3O[C@H](CO[C@H]4O[C@H](CO[C@@H]5O[C@H](CO)[C@@H](O)[C@H](O)[C@H]5NC(C)=O)[C@@H](O)[C@H](O)[C@@H]4O[C@@H]4O[C@H](CO)[C@@H](O)[C@H](O)[C@H]4NC(C)=O)[C@@H](O)[C@H](O[C@H]4O[C@H](CO)[C@@H](O[C@@H]5O[C@H](CO)[C@@H](O[C@@H]6O[C@H](CO)[C@H](O)[C@H](O)[C@H]6O)[C@H](O)[C@H]5NC(C)=O)[C@H](O)[C@@H]4O[C@@H]4O[C@H](CO)[C@@H](O[C@@H]5O[C@H](CO)[C@H](O)[C@H](O)[C@H]5O)[C@H](O)[C@H]4NC(C)=O)[C@@H]3O)[C@H](O)[C@H]2NC(C)=O)[C@@H](CO[C@H]2O[C@H](C)[C@H](O)[C@H](O)[C@H]2O)O[C@H]1O. The minimum absolute atomic E-state index is 0.852. The Morgan fingerprint density at radius 2 is 0.427 bits per heavy atom. The molecule has 12 heterocycles. The van der Waals surface area contributed by atoms with Crippen LogP contribution in [0.3, 0.4) is 0 Å². The van der Waals surface area contributed by atoms with E-state index in [1.807, 2.05) is 0 Å². The quantitative estimate of drug-likeness (QED) is 0.0272. The van der Waals surface area contributed by atoms with Crippen molar-refractivity contribution in [1.29, 1.82) is 0 Å². The van der Waals surface area contributed by atoms with Crippen molar-refractivity contribution in [3.8, 4) is 0 Å². The Balaban J connectivity index is 0.954. The van der Waals surface area contributed by atoms with Gasteiger partial charge >= 0.3 is 0 Å². The number of hydrogen-bond donors (Lipinski definition) is 37. The van der Waals surface area contributed by atoms with Gasteiger partial charge in [-0.25, -0.2) is 0 Å². The molecule has 0 unspecified atom stereocenters. The van der Waals surface area contributed by atoms with Crippen LogP contribution >= 0.6 is 0 Å². The summed E-state index contributed by atoms with van der Waals surface area (Å²) in [5.41, 5.74) is 0. The molecule has 0 aliphatic carbocycles. The fraction of sp³-hybridized carbons (Fsp3) is 0.929. The molecule has 12 rings (SSSR count). The second-order valence-electron chi connectivity index (χ2n) is 38.1. The van der Waals surface area contributed by atoms with Gasteiger partial charge in [-0.05, 0) is 6.92 Å². The Kier molecular flexibility index (Phi) is 44.4. The van der Waals surface area contributed by atoms with Gasteiger partial charge in [0.1, 0.15) is 287 Å². The van der Waals surface area contributed by atoms with Gasteiger partial charge in [0.2, 0.25) is 35.4 Å². The molecule has 66 heteroatoms. The monoisotopic (exact) mass is 2190 g/mol. The van der Waals surface area contributed by atoms with Crippen molar-refractivity contribution in [1.82, 2.24) is 31.9 Å². The third kappa shape index (κ3) is 27.7. The van der Waals surface area contributed by atoms with Crippen molar-refractivity contribution >= 4 is 35.4 Å². The number of aliphatic hydroxyl groups is 31. The summed E-state index contributed by atoms with van der Waals surface area (Å²) in [6.07, 6.45) is -118. The van der Waals surface area contributed by atoms with Crippen molar-refractivity contribution in [3.05, 3.63) is 0 Å². The first kappa shape index (κ1) is 123. The molecule has 6 amide bonds. The smallest absolute Gasteiger partial charge is 0.217 e. The molecule has 0 aromatic carbocycles. The lowest BCUT2D eigenvalue weighted by Crippen LogP contribution is -2.71. The van der Waals surface area contributed by atoms with Crippen LogP contribution < -0.4 is 31.9 Å². The van der Waals surface area contributed by atoms with Gasteiger partial charge in [-0.15, -0.1) is 0 Å². The highest BCUT2D eigenvalue weighted by atomic mass is 16.8. The van der Waals surface area contributed by atoms with Crippen LogP contribution in [0.2, 0.25) is 0 Å². The number of carbonyl (C=O) groups is 6. The van der Waals surface area contributed by atoms with E-state index in [0.717, 1.165) is 41.5 Å². The normalized spacial score (nSPS) is 48.8. The number of hydrogen-bond acceptors (Lipinski definition) is 60. The maximum atomic E-state index is 13.6. The Hall–Kier alpha value is -5.34. The summed E-state index contributed by atoms with van der Waals surface area (Å²) in [7, 11) is 0. The van der Waals surface area contributed by atoms with Crippen LogP contribution in [0.5, 0.6) is 0 Å². The minimum Gasteiger partial charge on any atom is -0.394 e. The number of ether oxygens (including phenoxy) is 23. The van der Waals surface area contributed by atoms with E-state index in [2.05, 4.69) is 31.9 Å². The lowest BCUT2D eigenvalue weighted by atomic mass is 9.93. The molecular formula is C84H140N6O60. The zero-order chi connectivity index (χ0) is 110. The van der Waals surface area contributed by atoms with Crippen molar-refractivity contribution in [2.75, 3.05) is 72.7 Å². The largest absolute Gasteiger partial charge is 0.394 e. The number of nitrogens with one attached hydrogen (secondary N) is 6. The highest BCUT2D eigenvalue weighted by Gasteiger charge is 2.64. The van der Waals surface area contributed by atoms with E-state index in [-0.39, 0.29) is 0 Å². The zero-order valence-electron chi connectivity index (χ0n) is 81.1. The van der Waals surface area contributed by atoms with Crippen LogP contribution in [0.15, 0.2) is 0 Å². The lowest BCUT2D eigenvalue weighted by molar-refractivity contribution is -0.406. The summed E-state index contributed by atoms with van der Waals surface area (Å²) in [5.74, 6) is -5.90. The van der Waals surface area contributed by atoms with Gasteiger partial charge in [0.05, 0.1) is 78.8 Å². The molecule has 0 aromatic rings. The Bertz CT molecular complexity index is 4240. The van der Waals surface area contributed by atoms with Crippen molar-refractivity contribution < 1.29 is 296 Å². The number of carbonyl (C=O) groups excluding carboxylic acids is 6. The molecule has 150 heavy (non-hydrogen) atoms. The first-order valence-electron chi connectivity index (χ1n) is 48.0. The first-order valence-corrected chi connectivity index (χ1v) is 48.0. The van der Waals surface area contributed by atoms with Crippen LogP contribution in [0, 0.1) is 0 Å². The van der Waals surface area contributed by atoms with E-state index in [1.165, 1.54) is 6.92 Å². The molecule has 37 N–H and O–H groups in total. The van der Waals surface area contributed by atoms with Gasteiger partial charge in [-0.2, -0.15) is 0 Å². The predicted octanol–water partition coefficient (Wildman–Crippen LogP) is -25.3. The predicted molar refractivity (Wildman–Crippen MR) is 463 cm³/mol. The number of rotatable bonds is 39. The van der Waals surface area contributed by atoms with E-state index in [9.17, 15) is 187 Å². The molecule has 12 fully saturated rings. The average molecular weight is 2190 g/mol. The summed E-state index contributed by atoms with van der Waals surface area (Å²) >= 11 is 0. The third-order valence-electron chi connectivity index (χ3n) is 27.4. The molecule has 12 aliphatic heterocycles.